The molecule has 0 saturated carbocycles. The lowest BCUT2D eigenvalue weighted by molar-refractivity contribution is -0.143. The lowest BCUT2D eigenvalue weighted by Gasteiger charge is -2.34. The van der Waals surface area contributed by atoms with Gasteiger partial charge in [-0.25, -0.2) is 4.79 Å². The van der Waals surface area contributed by atoms with Crippen LogP contribution < -0.4 is 5.32 Å². The van der Waals surface area contributed by atoms with E-state index in [1.54, 1.807) is 4.90 Å². The van der Waals surface area contributed by atoms with Gasteiger partial charge in [0.05, 0.1) is 5.92 Å². The summed E-state index contributed by atoms with van der Waals surface area (Å²) in [5, 5.41) is 12.1. The molecule has 0 aliphatic carbocycles. The molecule has 0 radical (unpaired) electrons. The third-order valence-electron chi connectivity index (χ3n) is 4.39. The summed E-state index contributed by atoms with van der Waals surface area (Å²) < 4.78 is 0. The molecule has 2 atom stereocenters. The van der Waals surface area contributed by atoms with Gasteiger partial charge >= 0.3 is 12.0 Å². The first-order valence-electron chi connectivity index (χ1n) is 8.21. The third-order valence-corrected chi connectivity index (χ3v) is 4.39. The Labute approximate surface area is 137 Å². The molecule has 1 saturated heterocycles. The highest BCUT2D eigenvalue weighted by atomic mass is 16.4. The Morgan fingerprint density at radius 3 is 2.48 bits per heavy atom. The van der Waals surface area contributed by atoms with Gasteiger partial charge in [-0.15, -0.1) is 0 Å². The van der Waals surface area contributed by atoms with Crippen molar-refractivity contribution in [2.45, 2.75) is 39.7 Å². The minimum Gasteiger partial charge on any atom is -0.481 e. The smallest absolute Gasteiger partial charge is 0.317 e. The number of hydrogen-bond donors (Lipinski definition) is 2. The van der Waals surface area contributed by atoms with E-state index in [2.05, 4.69) is 31.3 Å². The molecule has 2 amide bonds. The largest absolute Gasteiger partial charge is 0.481 e. The molecule has 0 spiro atoms. The Morgan fingerprint density at radius 1 is 1.26 bits per heavy atom. The van der Waals surface area contributed by atoms with Crippen LogP contribution in [0.15, 0.2) is 24.3 Å². The second-order valence-electron chi connectivity index (χ2n) is 6.84. The van der Waals surface area contributed by atoms with E-state index < -0.39 is 11.9 Å². The highest BCUT2D eigenvalue weighted by Crippen LogP contribution is 2.22. The molecule has 1 fully saturated rings. The maximum Gasteiger partial charge on any atom is 0.317 e. The molecule has 5 nitrogen and oxygen atoms in total. The summed E-state index contributed by atoms with van der Waals surface area (Å²) in [7, 11) is 0. The van der Waals surface area contributed by atoms with Gasteiger partial charge in [0.1, 0.15) is 0 Å². The Bertz CT molecular complexity index is 554. The number of amides is 2. The van der Waals surface area contributed by atoms with Crippen LogP contribution in [0, 0.1) is 11.8 Å². The van der Waals surface area contributed by atoms with Crippen LogP contribution in [0.5, 0.6) is 0 Å². The van der Waals surface area contributed by atoms with Gasteiger partial charge in [-0.2, -0.15) is 0 Å². The first kappa shape index (κ1) is 17.3. The summed E-state index contributed by atoms with van der Waals surface area (Å²) in [5.41, 5.74) is 2.32. The van der Waals surface area contributed by atoms with Crippen LogP contribution in [-0.2, 0) is 11.3 Å². The average molecular weight is 318 g/mol. The van der Waals surface area contributed by atoms with Crippen LogP contribution in [0.25, 0.3) is 0 Å². The van der Waals surface area contributed by atoms with Crippen LogP contribution in [0.4, 0.5) is 4.79 Å². The molecular weight excluding hydrogens is 292 g/mol. The Morgan fingerprint density at radius 2 is 1.91 bits per heavy atom. The number of benzene rings is 1. The number of carbonyl (C=O) groups excluding carboxylic acids is 1. The quantitative estimate of drug-likeness (QED) is 0.896. The fourth-order valence-electron chi connectivity index (χ4n) is 3.01. The number of piperidine rings is 1. The number of aliphatic carboxylic acids is 1. The van der Waals surface area contributed by atoms with E-state index in [0.717, 1.165) is 5.56 Å². The molecule has 1 heterocycles. The van der Waals surface area contributed by atoms with Gasteiger partial charge in [0.15, 0.2) is 0 Å². The van der Waals surface area contributed by atoms with Crippen LogP contribution in [0.1, 0.15) is 44.2 Å². The number of likely N-dealkylation sites (tertiary alicyclic amines) is 1. The lowest BCUT2D eigenvalue weighted by Crippen LogP contribution is -2.49. The number of nitrogens with one attached hydrogen (secondary N) is 1. The normalized spacial score (nSPS) is 21.3. The number of carboxylic acid groups (broad SMARTS) is 1. The van der Waals surface area contributed by atoms with Crippen LogP contribution >= 0.6 is 0 Å². The molecule has 2 rings (SSSR count). The number of carboxylic acids is 1. The maximum atomic E-state index is 12.3. The van der Waals surface area contributed by atoms with E-state index in [4.69, 9.17) is 0 Å². The maximum absolute atomic E-state index is 12.3. The van der Waals surface area contributed by atoms with Crippen LogP contribution in [-0.4, -0.2) is 35.1 Å². The number of nitrogens with zero attached hydrogens (tertiary/aromatic N) is 1. The van der Waals surface area contributed by atoms with Gasteiger partial charge in [-0.1, -0.05) is 45.0 Å². The van der Waals surface area contributed by atoms with Crippen molar-refractivity contribution in [3.8, 4) is 0 Å². The summed E-state index contributed by atoms with van der Waals surface area (Å²) in [6, 6.07) is 8.02. The monoisotopic (exact) mass is 318 g/mol. The van der Waals surface area contributed by atoms with Gasteiger partial charge < -0.3 is 15.3 Å². The zero-order chi connectivity index (χ0) is 17.0. The van der Waals surface area contributed by atoms with Crippen molar-refractivity contribution in [3.05, 3.63) is 35.4 Å². The standard InChI is InChI=1S/C18H26N2O3/c1-12(2)15-6-4-14(5-7-15)9-19-18(23)20-10-13(3)8-16(11-20)17(21)22/h4-7,12-13,16H,8-11H2,1-3H3,(H,19,23)(H,21,22). The van der Waals surface area contributed by atoms with E-state index in [9.17, 15) is 14.7 Å². The Kier molecular flexibility index (Phi) is 5.64. The van der Waals surface area contributed by atoms with E-state index in [1.165, 1.54) is 5.56 Å². The molecule has 0 aromatic heterocycles. The Balaban J connectivity index is 1.89. The van der Waals surface area contributed by atoms with E-state index >= 15 is 0 Å². The van der Waals surface area contributed by atoms with Crippen molar-refractivity contribution in [3.63, 3.8) is 0 Å². The molecule has 1 aliphatic rings. The number of rotatable bonds is 4. The molecule has 126 valence electrons. The molecule has 1 aliphatic heterocycles. The van der Waals surface area contributed by atoms with E-state index in [-0.39, 0.29) is 18.5 Å². The molecule has 2 N–H and O–H groups in total. The highest BCUT2D eigenvalue weighted by Gasteiger charge is 2.31. The molecule has 2 unspecified atom stereocenters. The summed E-state index contributed by atoms with van der Waals surface area (Å²) in [4.78, 5) is 25.1. The second-order valence-corrected chi connectivity index (χ2v) is 6.84. The van der Waals surface area contributed by atoms with E-state index in [0.29, 0.717) is 25.4 Å². The van der Waals surface area contributed by atoms with Crippen molar-refractivity contribution >= 4 is 12.0 Å². The molecule has 0 bridgehead atoms. The molecular formula is C18H26N2O3. The summed E-state index contributed by atoms with van der Waals surface area (Å²) in [5.74, 6) is -0.587. The molecule has 1 aromatic rings. The average Bonchev–Trinajstić information content (AvgIpc) is 2.52. The van der Waals surface area contributed by atoms with Gasteiger partial charge in [-0.05, 0) is 29.4 Å². The van der Waals surface area contributed by atoms with Crippen molar-refractivity contribution in [2.24, 2.45) is 11.8 Å². The summed E-state index contributed by atoms with van der Waals surface area (Å²) >= 11 is 0. The number of urea groups is 1. The van der Waals surface area contributed by atoms with Gasteiger partial charge in [0.2, 0.25) is 0 Å². The van der Waals surface area contributed by atoms with E-state index in [1.807, 2.05) is 19.1 Å². The van der Waals surface area contributed by atoms with Crippen LogP contribution in [0.2, 0.25) is 0 Å². The Hall–Kier alpha value is -2.04. The second kappa shape index (κ2) is 7.49. The minimum atomic E-state index is -0.821. The lowest BCUT2D eigenvalue weighted by atomic mass is 9.91. The SMILES string of the molecule is CC1CC(C(=O)O)CN(C(=O)NCc2ccc(C(C)C)cc2)C1. The number of hydrogen-bond acceptors (Lipinski definition) is 2. The van der Waals surface area contributed by atoms with Crippen molar-refractivity contribution in [2.75, 3.05) is 13.1 Å². The molecule has 1 aromatic carbocycles. The third kappa shape index (κ3) is 4.71. The van der Waals surface area contributed by atoms with Crippen molar-refractivity contribution in [1.29, 1.82) is 0 Å². The predicted octanol–water partition coefficient (Wildman–Crippen LogP) is 3.06. The predicted molar refractivity (Wildman–Crippen MR) is 89.2 cm³/mol. The summed E-state index contributed by atoms with van der Waals surface area (Å²) in [6.07, 6.45) is 0.635. The number of carbonyl (C=O) groups is 2. The van der Waals surface area contributed by atoms with Crippen molar-refractivity contribution < 1.29 is 14.7 Å². The zero-order valence-electron chi connectivity index (χ0n) is 14.1. The highest BCUT2D eigenvalue weighted by molar-refractivity contribution is 5.76. The van der Waals surface area contributed by atoms with Gasteiger partial charge in [-0.3, -0.25) is 4.79 Å². The fraction of sp³-hybridized carbons (Fsp3) is 0.556. The zero-order valence-corrected chi connectivity index (χ0v) is 14.1. The topological polar surface area (TPSA) is 69.6 Å². The fourth-order valence-corrected chi connectivity index (χ4v) is 3.01. The van der Waals surface area contributed by atoms with Crippen molar-refractivity contribution in [1.82, 2.24) is 10.2 Å². The summed E-state index contributed by atoms with van der Waals surface area (Å²) in [6.45, 7) is 7.64. The van der Waals surface area contributed by atoms with Gasteiger partial charge in [0, 0.05) is 19.6 Å². The van der Waals surface area contributed by atoms with Gasteiger partial charge in [0.25, 0.3) is 0 Å². The first-order chi connectivity index (χ1) is 10.9. The minimum absolute atomic E-state index is 0.185. The first-order valence-corrected chi connectivity index (χ1v) is 8.21. The molecule has 23 heavy (non-hydrogen) atoms. The van der Waals surface area contributed by atoms with Crippen LogP contribution in [0.3, 0.4) is 0 Å². The molecule has 5 heteroatoms.